The highest BCUT2D eigenvalue weighted by Crippen LogP contribution is 2.20. The number of aryl methyl sites for hydroxylation is 1. The van der Waals surface area contributed by atoms with Gasteiger partial charge in [0, 0.05) is 17.3 Å². The molecule has 8 heteroatoms. The number of nitrogens with one attached hydrogen (secondary N) is 1. The molecule has 1 amide bonds. The lowest BCUT2D eigenvalue weighted by Gasteiger charge is -2.15. The quantitative estimate of drug-likeness (QED) is 0.632. The Bertz CT molecular complexity index is 1050. The SMILES string of the molecule is Cc1nn(-c2ccc(F)cc2)c(C)c1CC(=O)NC(C)COc1ccc(F)cc1F. The fraction of sp³-hybridized carbons (Fsp3) is 0.273. The molecule has 0 bridgehead atoms. The van der Waals surface area contributed by atoms with Crippen molar-refractivity contribution < 1.29 is 22.7 Å². The first kappa shape index (κ1) is 21.4. The molecule has 3 aromatic rings. The van der Waals surface area contributed by atoms with Crippen molar-refractivity contribution in [1.29, 1.82) is 0 Å². The van der Waals surface area contributed by atoms with Crippen LogP contribution < -0.4 is 10.1 Å². The lowest BCUT2D eigenvalue weighted by atomic mass is 10.1. The van der Waals surface area contributed by atoms with Crippen LogP contribution in [0.5, 0.6) is 5.75 Å². The van der Waals surface area contributed by atoms with Gasteiger partial charge in [-0.1, -0.05) is 0 Å². The Morgan fingerprint density at radius 1 is 1.10 bits per heavy atom. The first-order chi connectivity index (χ1) is 14.2. The highest BCUT2D eigenvalue weighted by atomic mass is 19.1. The Labute approximate surface area is 172 Å². The van der Waals surface area contributed by atoms with Crippen molar-refractivity contribution in [1.82, 2.24) is 15.1 Å². The molecule has 0 spiro atoms. The average Bonchev–Trinajstić information content (AvgIpc) is 2.96. The largest absolute Gasteiger partial charge is 0.488 e. The van der Waals surface area contributed by atoms with Crippen LogP contribution in [0.4, 0.5) is 13.2 Å². The van der Waals surface area contributed by atoms with Gasteiger partial charge in [0.05, 0.1) is 23.8 Å². The Kier molecular flexibility index (Phi) is 6.44. The van der Waals surface area contributed by atoms with Gasteiger partial charge in [0.2, 0.25) is 5.91 Å². The third-order valence-electron chi connectivity index (χ3n) is 4.64. The van der Waals surface area contributed by atoms with E-state index in [2.05, 4.69) is 10.4 Å². The zero-order chi connectivity index (χ0) is 21.8. The van der Waals surface area contributed by atoms with Crippen LogP contribution in [-0.4, -0.2) is 28.3 Å². The second-order valence-corrected chi connectivity index (χ2v) is 7.07. The van der Waals surface area contributed by atoms with Gasteiger partial charge in [-0.2, -0.15) is 5.10 Å². The van der Waals surface area contributed by atoms with E-state index in [0.717, 1.165) is 23.4 Å². The van der Waals surface area contributed by atoms with E-state index in [1.54, 1.807) is 30.7 Å². The summed E-state index contributed by atoms with van der Waals surface area (Å²) in [6.45, 7) is 5.40. The summed E-state index contributed by atoms with van der Waals surface area (Å²) in [4.78, 5) is 12.5. The van der Waals surface area contributed by atoms with Crippen LogP contribution in [0.25, 0.3) is 5.69 Å². The fourth-order valence-corrected chi connectivity index (χ4v) is 3.10. The number of nitrogens with zero attached hydrogens (tertiary/aromatic N) is 2. The van der Waals surface area contributed by atoms with Crippen LogP contribution in [-0.2, 0) is 11.2 Å². The summed E-state index contributed by atoms with van der Waals surface area (Å²) in [6, 6.07) is 8.59. The summed E-state index contributed by atoms with van der Waals surface area (Å²) < 4.78 is 46.7. The van der Waals surface area contributed by atoms with Crippen LogP contribution in [0.3, 0.4) is 0 Å². The molecule has 0 aliphatic rings. The molecule has 0 aliphatic carbocycles. The van der Waals surface area contributed by atoms with Gasteiger partial charge >= 0.3 is 0 Å². The second kappa shape index (κ2) is 9.02. The van der Waals surface area contributed by atoms with Gasteiger partial charge in [0.1, 0.15) is 18.2 Å². The lowest BCUT2D eigenvalue weighted by molar-refractivity contribution is -0.121. The van der Waals surface area contributed by atoms with Gasteiger partial charge < -0.3 is 10.1 Å². The van der Waals surface area contributed by atoms with E-state index in [1.165, 1.54) is 18.2 Å². The maximum Gasteiger partial charge on any atom is 0.224 e. The molecule has 3 rings (SSSR count). The minimum atomic E-state index is -0.798. The summed E-state index contributed by atoms with van der Waals surface area (Å²) >= 11 is 0. The van der Waals surface area contributed by atoms with E-state index in [9.17, 15) is 18.0 Å². The lowest BCUT2D eigenvalue weighted by Crippen LogP contribution is -2.37. The molecule has 158 valence electrons. The van der Waals surface area contributed by atoms with E-state index >= 15 is 0 Å². The Balaban J connectivity index is 1.61. The van der Waals surface area contributed by atoms with Gasteiger partial charge in [-0.05, 0) is 57.2 Å². The van der Waals surface area contributed by atoms with Gasteiger partial charge in [-0.3, -0.25) is 4.79 Å². The van der Waals surface area contributed by atoms with Gasteiger partial charge in [-0.15, -0.1) is 0 Å². The normalized spacial score (nSPS) is 11.9. The van der Waals surface area contributed by atoms with E-state index < -0.39 is 17.7 Å². The molecule has 0 fully saturated rings. The number of ether oxygens (including phenoxy) is 1. The number of hydrogen-bond acceptors (Lipinski definition) is 3. The summed E-state index contributed by atoms with van der Waals surface area (Å²) in [7, 11) is 0. The van der Waals surface area contributed by atoms with Gasteiger partial charge in [-0.25, -0.2) is 17.9 Å². The second-order valence-electron chi connectivity index (χ2n) is 7.07. The van der Waals surface area contributed by atoms with Crippen LogP contribution >= 0.6 is 0 Å². The molecule has 5 nitrogen and oxygen atoms in total. The van der Waals surface area contributed by atoms with Crippen molar-refractivity contribution in [2.75, 3.05) is 6.61 Å². The van der Waals surface area contributed by atoms with Crippen molar-refractivity contribution in [2.45, 2.75) is 33.2 Å². The number of benzene rings is 2. The van der Waals surface area contributed by atoms with E-state index in [-0.39, 0.29) is 30.5 Å². The maximum atomic E-state index is 13.6. The number of halogens is 3. The van der Waals surface area contributed by atoms with Crippen molar-refractivity contribution >= 4 is 5.91 Å². The van der Waals surface area contributed by atoms with Crippen LogP contribution in [0.2, 0.25) is 0 Å². The molecule has 2 aromatic carbocycles. The summed E-state index contributed by atoms with van der Waals surface area (Å²) in [6.07, 6.45) is 0.105. The van der Waals surface area contributed by atoms with E-state index in [1.807, 2.05) is 6.92 Å². The monoisotopic (exact) mass is 417 g/mol. The zero-order valence-corrected chi connectivity index (χ0v) is 16.9. The van der Waals surface area contributed by atoms with Gasteiger partial charge in [0.15, 0.2) is 11.6 Å². The number of carbonyl (C=O) groups excluding carboxylic acids is 1. The first-order valence-electron chi connectivity index (χ1n) is 9.43. The number of rotatable bonds is 7. The van der Waals surface area contributed by atoms with Crippen LogP contribution in [0.1, 0.15) is 23.9 Å². The molecule has 1 heterocycles. The molecule has 0 saturated heterocycles. The van der Waals surface area contributed by atoms with Crippen molar-refractivity contribution in [3.8, 4) is 11.4 Å². The van der Waals surface area contributed by atoms with E-state index in [4.69, 9.17) is 4.74 Å². The molecule has 0 radical (unpaired) electrons. The maximum absolute atomic E-state index is 13.6. The van der Waals surface area contributed by atoms with Crippen molar-refractivity contribution in [3.05, 3.63) is 76.9 Å². The minimum absolute atomic E-state index is 0.0289. The van der Waals surface area contributed by atoms with Crippen molar-refractivity contribution in [2.24, 2.45) is 0 Å². The first-order valence-corrected chi connectivity index (χ1v) is 9.43. The molecule has 1 unspecified atom stereocenters. The Hall–Kier alpha value is -3.29. The Morgan fingerprint density at radius 3 is 2.43 bits per heavy atom. The molecule has 0 saturated carbocycles. The summed E-state index contributed by atoms with van der Waals surface area (Å²) in [5.74, 6) is -2.14. The molecule has 0 aliphatic heterocycles. The number of carbonyl (C=O) groups is 1. The molecule has 1 N–H and O–H groups in total. The zero-order valence-electron chi connectivity index (χ0n) is 16.9. The highest BCUT2D eigenvalue weighted by molar-refractivity contribution is 5.79. The molecule has 30 heavy (non-hydrogen) atoms. The smallest absolute Gasteiger partial charge is 0.224 e. The predicted molar refractivity (Wildman–Crippen MR) is 106 cm³/mol. The molecular formula is C22H22F3N3O2. The van der Waals surface area contributed by atoms with Crippen LogP contribution in [0.15, 0.2) is 42.5 Å². The average molecular weight is 417 g/mol. The molecular weight excluding hydrogens is 395 g/mol. The third kappa shape index (κ3) is 5.00. The number of hydrogen-bond donors (Lipinski definition) is 1. The predicted octanol–water partition coefficient (Wildman–Crippen LogP) is 4.03. The summed E-state index contributed by atoms with van der Waals surface area (Å²) in [5.41, 5.74) is 2.96. The number of aromatic nitrogens is 2. The highest BCUT2D eigenvalue weighted by Gasteiger charge is 2.17. The van der Waals surface area contributed by atoms with E-state index in [0.29, 0.717) is 11.4 Å². The Morgan fingerprint density at radius 2 is 1.77 bits per heavy atom. The van der Waals surface area contributed by atoms with Crippen molar-refractivity contribution in [3.63, 3.8) is 0 Å². The summed E-state index contributed by atoms with van der Waals surface area (Å²) in [5, 5.41) is 7.25. The minimum Gasteiger partial charge on any atom is -0.488 e. The topological polar surface area (TPSA) is 56.2 Å². The molecule has 1 atom stereocenters. The molecule has 1 aromatic heterocycles. The van der Waals surface area contributed by atoms with Gasteiger partial charge in [0.25, 0.3) is 0 Å². The number of amides is 1. The van der Waals surface area contributed by atoms with Crippen LogP contribution in [0, 0.1) is 31.3 Å². The fourth-order valence-electron chi connectivity index (χ4n) is 3.10. The standard InChI is InChI=1S/C22H22F3N3O2/c1-13(12-30-21-9-6-17(24)10-20(21)25)26-22(29)11-19-14(2)27-28(15(19)3)18-7-4-16(23)5-8-18/h4-10,13H,11-12H2,1-3H3,(H,26,29). The third-order valence-corrected chi connectivity index (χ3v) is 4.64.